The number of likely N-dealkylation sites (N-methyl/N-ethyl adjacent to an activating group) is 1. The Morgan fingerprint density at radius 1 is 1.53 bits per heavy atom. The SMILES string of the molecule is COC(C)(C)C(O)CN(C)CC1CCN(C)C1. The molecule has 1 fully saturated rings. The number of methoxy groups -OCH3 is 1. The lowest BCUT2D eigenvalue weighted by Crippen LogP contribution is -2.46. The molecular weight excluding hydrogens is 216 g/mol. The van der Waals surface area contributed by atoms with E-state index >= 15 is 0 Å². The molecule has 1 saturated heterocycles. The normalized spacial score (nSPS) is 24.5. The van der Waals surface area contributed by atoms with Crippen LogP contribution in [0, 0.1) is 5.92 Å². The number of aliphatic hydroxyl groups is 1. The van der Waals surface area contributed by atoms with Crippen LogP contribution in [0.3, 0.4) is 0 Å². The molecule has 102 valence electrons. The van der Waals surface area contributed by atoms with E-state index in [1.165, 1.54) is 19.5 Å². The predicted octanol–water partition coefficient (Wildman–Crippen LogP) is 0.656. The highest BCUT2D eigenvalue weighted by Gasteiger charge is 2.29. The largest absolute Gasteiger partial charge is 0.389 e. The number of likely N-dealkylation sites (tertiary alicyclic amines) is 1. The Hall–Kier alpha value is -0.160. The lowest BCUT2D eigenvalue weighted by molar-refractivity contribution is -0.0864. The van der Waals surface area contributed by atoms with Gasteiger partial charge in [0.15, 0.2) is 0 Å². The van der Waals surface area contributed by atoms with Gasteiger partial charge in [0.05, 0.1) is 11.7 Å². The van der Waals surface area contributed by atoms with Gasteiger partial charge in [-0.3, -0.25) is 0 Å². The predicted molar refractivity (Wildman–Crippen MR) is 70.2 cm³/mol. The van der Waals surface area contributed by atoms with E-state index in [1.807, 2.05) is 13.8 Å². The molecule has 0 amide bonds. The highest BCUT2D eigenvalue weighted by atomic mass is 16.5. The van der Waals surface area contributed by atoms with Gasteiger partial charge in [0, 0.05) is 26.7 Å². The first-order valence-corrected chi connectivity index (χ1v) is 6.45. The van der Waals surface area contributed by atoms with Crippen molar-refractivity contribution in [3.63, 3.8) is 0 Å². The van der Waals surface area contributed by atoms with E-state index in [9.17, 15) is 5.11 Å². The van der Waals surface area contributed by atoms with E-state index in [1.54, 1.807) is 7.11 Å². The Bertz CT molecular complexity index is 233. The van der Waals surface area contributed by atoms with Gasteiger partial charge in [-0.25, -0.2) is 0 Å². The zero-order valence-corrected chi connectivity index (χ0v) is 11.9. The molecule has 17 heavy (non-hydrogen) atoms. The lowest BCUT2D eigenvalue weighted by Gasteiger charge is -2.32. The number of hydrogen-bond donors (Lipinski definition) is 1. The first-order valence-electron chi connectivity index (χ1n) is 6.45. The molecule has 2 atom stereocenters. The van der Waals surface area contributed by atoms with Crippen molar-refractivity contribution in [1.29, 1.82) is 0 Å². The molecule has 0 aromatic carbocycles. The summed E-state index contributed by atoms with van der Waals surface area (Å²) < 4.78 is 5.30. The topological polar surface area (TPSA) is 35.9 Å². The fraction of sp³-hybridized carbons (Fsp3) is 1.00. The molecule has 4 heteroatoms. The van der Waals surface area contributed by atoms with E-state index in [0.717, 1.165) is 12.5 Å². The second-order valence-corrected chi connectivity index (χ2v) is 5.96. The summed E-state index contributed by atoms with van der Waals surface area (Å²) in [6, 6.07) is 0. The standard InChI is InChI=1S/C13H28N2O2/c1-13(2,17-5)12(16)10-15(4)9-11-6-7-14(3)8-11/h11-12,16H,6-10H2,1-5H3. The molecule has 0 spiro atoms. The average Bonchev–Trinajstić information content (AvgIpc) is 2.63. The van der Waals surface area contributed by atoms with Gasteiger partial charge in [0.25, 0.3) is 0 Å². The molecule has 1 aliphatic rings. The zero-order chi connectivity index (χ0) is 13.1. The highest BCUT2D eigenvalue weighted by molar-refractivity contribution is 4.82. The minimum Gasteiger partial charge on any atom is -0.389 e. The summed E-state index contributed by atoms with van der Waals surface area (Å²) in [6.07, 6.45) is 0.821. The van der Waals surface area contributed by atoms with Crippen LogP contribution in [-0.2, 0) is 4.74 Å². The molecule has 1 heterocycles. The average molecular weight is 244 g/mol. The molecule has 0 bridgehead atoms. The van der Waals surface area contributed by atoms with Crippen LogP contribution in [0.2, 0.25) is 0 Å². The number of rotatable bonds is 6. The van der Waals surface area contributed by atoms with Crippen molar-refractivity contribution in [2.45, 2.75) is 32.0 Å². The maximum atomic E-state index is 10.1. The van der Waals surface area contributed by atoms with E-state index in [2.05, 4.69) is 23.9 Å². The van der Waals surface area contributed by atoms with Crippen molar-refractivity contribution < 1.29 is 9.84 Å². The van der Waals surface area contributed by atoms with Gasteiger partial charge in [-0.1, -0.05) is 0 Å². The van der Waals surface area contributed by atoms with Crippen molar-refractivity contribution in [1.82, 2.24) is 9.80 Å². The number of ether oxygens (including phenoxy) is 1. The van der Waals surface area contributed by atoms with E-state index in [-0.39, 0.29) is 0 Å². The van der Waals surface area contributed by atoms with Gasteiger partial charge in [-0.2, -0.15) is 0 Å². The number of hydrogen-bond acceptors (Lipinski definition) is 4. The summed E-state index contributed by atoms with van der Waals surface area (Å²) >= 11 is 0. The third kappa shape index (κ3) is 4.54. The van der Waals surface area contributed by atoms with Crippen molar-refractivity contribution in [2.24, 2.45) is 5.92 Å². The molecule has 0 saturated carbocycles. The van der Waals surface area contributed by atoms with Gasteiger partial charge in [-0.15, -0.1) is 0 Å². The summed E-state index contributed by atoms with van der Waals surface area (Å²) in [5.41, 5.74) is -0.472. The fourth-order valence-corrected chi connectivity index (χ4v) is 2.34. The van der Waals surface area contributed by atoms with E-state index in [4.69, 9.17) is 4.74 Å². The van der Waals surface area contributed by atoms with Crippen LogP contribution in [-0.4, -0.2) is 74.0 Å². The second kappa shape index (κ2) is 6.14. The third-order valence-corrected chi connectivity index (χ3v) is 3.87. The van der Waals surface area contributed by atoms with E-state index in [0.29, 0.717) is 6.54 Å². The second-order valence-electron chi connectivity index (χ2n) is 5.96. The van der Waals surface area contributed by atoms with Gasteiger partial charge >= 0.3 is 0 Å². The van der Waals surface area contributed by atoms with Crippen molar-refractivity contribution in [3.8, 4) is 0 Å². The first-order chi connectivity index (χ1) is 7.85. The van der Waals surface area contributed by atoms with Crippen LogP contribution in [0.1, 0.15) is 20.3 Å². The lowest BCUT2D eigenvalue weighted by atomic mass is 10.0. The molecule has 0 radical (unpaired) electrons. The molecule has 0 aromatic heterocycles. The number of nitrogens with zero attached hydrogens (tertiary/aromatic N) is 2. The molecular formula is C13H28N2O2. The van der Waals surface area contributed by atoms with Gasteiger partial charge in [0.2, 0.25) is 0 Å². The Morgan fingerprint density at radius 3 is 2.65 bits per heavy atom. The maximum Gasteiger partial charge on any atom is 0.0950 e. The molecule has 1 aliphatic heterocycles. The van der Waals surface area contributed by atoms with Crippen LogP contribution in [0.15, 0.2) is 0 Å². The van der Waals surface area contributed by atoms with Crippen LogP contribution >= 0.6 is 0 Å². The molecule has 0 aromatic rings. The molecule has 4 nitrogen and oxygen atoms in total. The minimum absolute atomic E-state index is 0.448. The summed E-state index contributed by atoms with van der Waals surface area (Å²) in [6.45, 7) is 7.95. The van der Waals surface area contributed by atoms with Gasteiger partial charge < -0.3 is 19.6 Å². The Labute approximate surface area is 106 Å². The van der Waals surface area contributed by atoms with Crippen LogP contribution < -0.4 is 0 Å². The Kier molecular flexibility index (Phi) is 5.38. The Balaban J connectivity index is 2.31. The van der Waals surface area contributed by atoms with Crippen LogP contribution in [0.5, 0.6) is 0 Å². The van der Waals surface area contributed by atoms with Gasteiger partial charge in [-0.05, 0) is 46.8 Å². The van der Waals surface area contributed by atoms with E-state index < -0.39 is 11.7 Å². The summed E-state index contributed by atoms with van der Waals surface area (Å²) in [5, 5.41) is 10.1. The summed E-state index contributed by atoms with van der Waals surface area (Å²) in [4.78, 5) is 4.59. The monoisotopic (exact) mass is 244 g/mol. The summed E-state index contributed by atoms with van der Waals surface area (Å²) in [5.74, 6) is 0.739. The minimum atomic E-state index is -0.472. The molecule has 1 rings (SSSR count). The quantitative estimate of drug-likeness (QED) is 0.744. The van der Waals surface area contributed by atoms with Crippen molar-refractivity contribution >= 4 is 0 Å². The van der Waals surface area contributed by atoms with Gasteiger partial charge in [0.1, 0.15) is 0 Å². The highest BCUT2D eigenvalue weighted by Crippen LogP contribution is 2.18. The fourth-order valence-electron chi connectivity index (χ4n) is 2.34. The van der Waals surface area contributed by atoms with Crippen molar-refractivity contribution in [3.05, 3.63) is 0 Å². The molecule has 2 unspecified atom stereocenters. The molecule has 1 N–H and O–H groups in total. The maximum absolute atomic E-state index is 10.1. The number of aliphatic hydroxyl groups excluding tert-OH is 1. The van der Waals surface area contributed by atoms with Crippen LogP contribution in [0.4, 0.5) is 0 Å². The molecule has 0 aliphatic carbocycles. The summed E-state index contributed by atoms with van der Waals surface area (Å²) in [7, 11) is 5.89. The zero-order valence-electron chi connectivity index (χ0n) is 11.9. The third-order valence-electron chi connectivity index (χ3n) is 3.87. The van der Waals surface area contributed by atoms with Crippen molar-refractivity contribution in [2.75, 3.05) is 47.4 Å². The van der Waals surface area contributed by atoms with Crippen LogP contribution in [0.25, 0.3) is 0 Å². The smallest absolute Gasteiger partial charge is 0.0950 e. The first kappa shape index (κ1) is 14.9. The Morgan fingerprint density at radius 2 is 2.18 bits per heavy atom.